The van der Waals surface area contributed by atoms with E-state index in [9.17, 15) is 9.59 Å². The fourth-order valence-electron chi connectivity index (χ4n) is 3.85. The molecule has 0 radical (unpaired) electrons. The van der Waals surface area contributed by atoms with E-state index in [1.165, 1.54) is 23.1 Å². The molecule has 0 aliphatic heterocycles. The monoisotopic (exact) mass is 629 g/mol. The molecule has 0 aliphatic rings. The quantitative estimate of drug-likeness (QED) is 0.107. The molecule has 0 spiro atoms. The molecule has 0 saturated carbocycles. The Labute approximate surface area is 262 Å². The summed E-state index contributed by atoms with van der Waals surface area (Å²) in [4.78, 5) is 29.5. The van der Waals surface area contributed by atoms with Crippen molar-refractivity contribution in [3.8, 4) is 17.0 Å². The second-order valence-electron chi connectivity index (χ2n) is 9.34. The van der Waals surface area contributed by atoms with Crippen molar-refractivity contribution in [2.24, 2.45) is 5.10 Å². The van der Waals surface area contributed by atoms with Gasteiger partial charge in [0.15, 0.2) is 11.7 Å². The molecule has 0 fully saturated rings. The molecule has 5 aromatic rings. The second-order valence-corrected chi connectivity index (χ2v) is 11.0. The molecule has 2 amide bonds. The number of carbonyl (C=O) groups excluding carboxylic acids is 2. The van der Waals surface area contributed by atoms with E-state index in [1.54, 1.807) is 54.6 Å². The zero-order chi connectivity index (χ0) is 30.2. The van der Waals surface area contributed by atoms with Gasteiger partial charge in [-0.15, -0.1) is 11.3 Å². The van der Waals surface area contributed by atoms with Crippen LogP contribution in [0.15, 0.2) is 101 Å². The third-order valence-electron chi connectivity index (χ3n) is 6.06. The number of anilines is 3. The lowest BCUT2D eigenvalue weighted by Crippen LogP contribution is -2.20. The van der Waals surface area contributed by atoms with Gasteiger partial charge < -0.3 is 15.4 Å². The molecule has 0 bridgehead atoms. The summed E-state index contributed by atoms with van der Waals surface area (Å²) in [5.41, 5.74) is 8.06. The lowest BCUT2D eigenvalue weighted by Gasteiger charge is -2.08. The van der Waals surface area contributed by atoms with Crippen LogP contribution in [-0.2, 0) is 4.79 Å². The largest absolute Gasteiger partial charge is 0.484 e. The molecule has 0 aliphatic carbocycles. The summed E-state index contributed by atoms with van der Waals surface area (Å²) in [5, 5.41) is 13.6. The number of aromatic nitrogens is 1. The Morgan fingerprint density at radius 1 is 0.930 bits per heavy atom. The number of halogens is 2. The number of rotatable bonds is 10. The average Bonchev–Trinajstić information content (AvgIpc) is 3.48. The average molecular weight is 631 g/mol. The van der Waals surface area contributed by atoms with E-state index in [1.807, 2.05) is 48.7 Å². The van der Waals surface area contributed by atoms with Gasteiger partial charge in [-0.05, 0) is 67.1 Å². The number of ether oxygens (including phenoxy) is 1. The van der Waals surface area contributed by atoms with Crippen LogP contribution in [0.3, 0.4) is 0 Å². The first-order valence-electron chi connectivity index (χ1n) is 13.0. The van der Waals surface area contributed by atoms with Crippen molar-refractivity contribution >= 4 is 69.1 Å². The van der Waals surface area contributed by atoms with E-state index < -0.39 is 0 Å². The fourth-order valence-corrected chi connectivity index (χ4v) is 4.89. The van der Waals surface area contributed by atoms with E-state index in [-0.39, 0.29) is 18.4 Å². The van der Waals surface area contributed by atoms with Gasteiger partial charge in [0.1, 0.15) is 5.75 Å². The summed E-state index contributed by atoms with van der Waals surface area (Å²) in [7, 11) is 0. The van der Waals surface area contributed by atoms with Crippen molar-refractivity contribution in [3.05, 3.63) is 123 Å². The Kier molecular flexibility index (Phi) is 9.68. The molecular formula is C32H25Cl2N5O3S. The van der Waals surface area contributed by atoms with Crippen molar-refractivity contribution in [1.82, 2.24) is 10.4 Å². The predicted octanol–water partition coefficient (Wildman–Crippen LogP) is 7.95. The zero-order valence-electron chi connectivity index (χ0n) is 22.8. The van der Waals surface area contributed by atoms with Gasteiger partial charge in [-0.2, -0.15) is 5.10 Å². The molecule has 43 heavy (non-hydrogen) atoms. The molecule has 11 heteroatoms. The Morgan fingerprint density at radius 3 is 2.47 bits per heavy atom. The van der Waals surface area contributed by atoms with E-state index in [4.69, 9.17) is 27.9 Å². The number of hydrazone groups is 1. The summed E-state index contributed by atoms with van der Waals surface area (Å²) in [6.07, 6.45) is 1.49. The second kappa shape index (κ2) is 14.0. The van der Waals surface area contributed by atoms with Gasteiger partial charge >= 0.3 is 0 Å². The van der Waals surface area contributed by atoms with Gasteiger partial charge in [-0.3, -0.25) is 9.59 Å². The van der Waals surface area contributed by atoms with Gasteiger partial charge in [-0.25, -0.2) is 10.4 Å². The minimum atomic E-state index is -0.357. The van der Waals surface area contributed by atoms with Gasteiger partial charge in [0.2, 0.25) is 0 Å². The van der Waals surface area contributed by atoms with Crippen molar-refractivity contribution in [2.75, 3.05) is 17.2 Å². The van der Waals surface area contributed by atoms with Crippen LogP contribution in [0.4, 0.5) is 16.5 Å². The standard InChI is InChI=1S/C32H25Cl2N5O3S/c1-20-5-11-24(12-6-20)37-32-38-29(19-43-32)22-7-9-23(10-8-22)31(41)39-35-17-21-3-2-4-26(15-21)42-18-30(40)36-25-13-14-27(33)28(34)16-25/h2-17,19H,18H2,1H3,(H,36,40)(H,37,38)(H,39,41)/b35-17+. The van der Waals surface area contributed by atoms with Crippen LogP contribution >= 0.6 is 34.5 Å². The minimum Gasteiger partial charge on any atom is -0.484 e. The summed E-state index contributed by atoms with van der Waals surface area (Å²) < 4.78 is 5.59. The summed E-state index contributed by atoms with van der Waals surface area (Å²) >= 11 is 13.4. The number of thiazole rings is 1. The first-order valence-corrected chi connectivity index (χ1v) is 14.7. The van der Waals surface area contributed by atoms with Crippen molar-refractivity contribution in [1.29, 1.82) is 0 Å². The molecule has 3 N–H and O–H groups in total. The number of aryl methyl sites for hydroxylation is 1. The van der Waals surface area contributed by atoms with E-state index in [2.05, 4.69) is 26.1 Å². The number of carbonyl (C=O) groups is 2. The highest BCUT2D eigenvalue weighted by Crippen LogP contribution is 2.28. The fraction of sp³-hybridized carbons (Fsp3) is 0.0625. The van der Waals surface area contributed by atoms with Crippen LogP contribution in [0.5, 0.6) is 5.75 Å². The highest BCUT2D eigenvalue weighted by Gasteiger charge is 2.09. The Bertz CT molecular complexity index is 1770. The first-order chi connectivity index (χ1) is 20.8. The first kappa shape index (κ1) is 29.8. The molecule has 4 aromatic carbocycles. The lowest BCUT2D eigenvalue weighted by molar-refractivity contribution is -0.118. The third kappa shape index (κ3) is 8.42. The predicted molar refractivity (Wildman–Crippen MR) is 174 cm³/mol. The third-order valence-corrected chi connectivity index (χ3v) is 7.56. The maximum atomic E-state index is 12.6. The van der Waals surface area contributed by atoms with E-state index in [0.29, 0.717) is 32.6 Å². The Balaban J connectivity index is 1.11. The zero-order valence-corrected chi connectivity index (χ0v) is 25.1. The maximum Gasteiger partial charge on any atom is 0.271 e. The smallest absolute Gasteiger partial charge is 0.271 e. The summed E-state index contributed by atoms with van der Waals surface area (Å²) in [5.74, 6) is -0.242. The normalized spacial score (nSPS) is 10.9. The maximum absolute atomic E-state index is 12.6. The van der Waals surface area contributed by atoms with Crippen LogP contribution in [-0.4, -0.2) is 29.6 Å². The SMILES string of the molecule is Cc1ccc(Nc2nc(-c3ccc(C(=O)N/N=C/c4cccc(OCC(=O)Nc5ccc(Cl)c(Cl)c5)c4)cc3)cs2)cc1. The summed E-state index contributed by atoms with van der Waals surface area (Å²) in [6.45, 7) is 1.84. The van der Waals surface area contributed by atoms with Crippen LogP contribution in [0, 0.1) is 6.92 Å². The number of nitrogens with one attached hydrogen (secondary N) is 3. The highest BCUT2D eigenvalue weighted by atomic mass is 35.5. The van der Waals surface area contributed by atoms with Gasteiger partial charge in [0, 0.05) is 27.9 Å². The van der Waals surface area contributed by atoms with Gasteiger partial charge in [-0.1, -0.05) is 65.2 Å². The van der Waals surface area contributed by atoms with Gasteiger partial charge in [0.25, 0.3) is 11.8 Å². The molecule has 5 rings (SSSR count). The molecule has 0 atom stereocenters. The molecule has 0 saturated heterocycles. The number of hydrogen-bond donors (Lipinski definition) is 3. The van der Waals surface area contributed by atoms with Crippen LogP contribution in [0.1, 0.15) is 21.5 Å². The Hall–Kier alpha value is -4.70. The van der Waals surface area contributed by atoms with E-state index >= 15 is 0 Å². The van der Waals surface area contributed by atoms with Crippen molar-refractivity contribution in [2.45, 2.75) is 6.92 Å². The lowest BCUT2D eigenvalue weighted by atomic mass is 10.1. The molecule has 1 heterocycles. The molecule has 1 aromatic heterocycles. The van der Waals surface area contributed by atoms with Crippen molar-refractivity contribution in [3.63, 3.8) is 0 Å². The summed E-state index contributed by atoms with van der Waals surface area (Å²) in [6, 6.07) is 27.0. The topological polar surface area (TPSA) is 105 Å². The van der Waals surface area contributed by atoms with E-state index in [0.717, 1.165) is 22.1 Å². The van der Waals surface area contributed by atoms with Crippen molar-refractivity contribution < 1.29 is 14.3 Å². The van der Waals surface area contributed by atoms with Crippen LogP contribution in [0.2, 0.25) is 10.0 Å². The molecule has 216 valence electrons. The highest BCUT2D eigenvalue weighted by molar-refractivity contribution is 7.14. The number of hydrogen-bond acceptors (Lipinski definition) is 7. The number of nitrogens with zero attached hydrogens (tertiary/aromatic N) is 2. The molecule has 8 nitrogen and oxygen atoms in total. The molecular weight excluding hydrogens is 605 g/mol. The minimum absolute atomic E-state index is 0.209. The van der Waals surface area contributed by atoms with Crippen LogP contribution in [0.25, 0.3) is 11.3 Å². The van der Waals surface area contributed by atoms with Gasteiger partial charge in [0.05, 0.1) is 22.0 Å². The number of benzene rings is 4. The number of amides is 2. The molecule has 0 unspecified atom stereocenters. The van der Waals surface area contributed by atoms with Crippen LogP contribution < -0.4 is 20.8 Å². The Morgan fingerprint density at radius 2 is 1.70 bits per heavy atom.